The SMILES string of the molecule is [2H]C([2H])(c1cc(-c2[c-]cccc2)nc[c]1[Ge]([CH3])([CH3])[CH3])C(C)C.[Ir].[c-]1ccc2c(oc3ccccc32)c1C1=Nc2ccccc2C1c1cc(-c2ccccc2)ccc1-c1ccccc1. The van der Waals surface area contributed by atoms with Crippen LogP contribution in [0.4, 0.5) is 5.69 Å². The van der Waals surface area contributed by atoms with Gasteiger partial charge in [-0.2, -0.15) is 0 Å². The average molecular weight is 1030 g/mol. The minimum atomic E-state index is -2.20. The summed E-state index contributed by atoms with van der Waals surface area (Å²) in [5.41, 5.74) is 14.3. The molecule has 0 bridgehead atoms. The van der Waals surface area contributed by atoms with Gasteiger partial charge >= 0.3 is 128 Å². The minimum Gasteiger partial charge on any atom is -0.501 e. The van der Waals surface area contributed by atoms with Crippen molar-refractivity contribution in [2.45, 2.75) is 43.4 Å². The summed E-state index contributed by atoms with van der Waals surface area (Å²) in [6.45, 7) is 3.88. The molecular formula is C56H48GeIrN2O-2. The number of hydrogen-bond acceptors (Lipinski definition) is 3. The normalized spacial score (nSPS) is 14.1. The Labute approximate surface area is 379 Å². The third-order valence-electron chi connectivity index (χ3n) is 11.1. The van der Waals surface area contributed by atoms with Gasteiger partial charge in [0.2, 0.25) is 0 Å². The molecule has 0 spiro atoms. The molecular weight excluding hydrogens is 981 g/mol. The van der Waals surface area contributed by atoms with Crippen LogP contribution in [0.5, 0.6) is 0 Å². The first-order valence-electron chi connectivity index (χ1n) is 21.7. The fourth-order valence-electron chi connectivity index (χ4n) is 8.25. The van der Waals surface area contributed by atoms with E-state index < -0.39 is 19.6 Å². The van der Waals surface area contributed by atoms with Crippen LogP contribution in [0.25, 0.3) is 55.4 Å². The van der Waals surface area contributed by atoms with Gasteiger partial charge in [-0.15, -0.1) is 18.2 Å². The molecule has 5 heteroatoms. The smallest absolute Gasteiger partial charge is 0.120 e. The van der Waals surface area contributed by atoms with Crippen LogP contribution in [0.15, 0.2) is 185 Å². The summed E-state index contributed by atoms with van der Waals surface area (Å²) in [6.07, 6.45) is 0.562. The number of rotatable bonds is 8. The van der Waals surface area contributed by atoms with Gasteiger partial charge in [0.05, 0.1) is 11.3 Å². The monoisotopic (exact) mass is 1030 g/mol. The van der Waals surface area contributed by atoms with Crippen LogP contribution in [-0.2, 0) is 26.5 Å². The quantitative estimate of drug-likeness (QED) is 0.112. The second-order valence-electron chi connectivity index (χ2n) is 16.7. The molecule has 0 aliphatic carbocycles. The van der Waals surface area contributed by atoms with Crippen LogP contribution in [0.2, 0.25) is 17.3 Å². The zero-order valence-corrected chi connectivity index (χ0v) is 39.5. The van der Waals surface area contributed by atoms with Crippen LogP contribution >= 0.6 is 0 Å². The molecule has 10 rings (SSSR count). The number of furan rings is 1. The molecule has 3 heterocycles. The van der Waals surface area contributed by atoms with Crippen LogP contribution in [-0.4, -0.2) is 24.0 Å². The van der Waals surface area contributed by atoms with E-state index in [9.17, 15) is 0 Å². The van der Waals surface area contributed by atoms with Crippen molar-refractivity contribution in [2.75, 3.05) is 0 Å². The van der Waals surface area contributed by atoms with Crippen molar-refractivity contribution < 1.29 is 27.3 Å². The zero-order chi connectivity index (χ0) is 43.0. The van der Waals surface area contributed by atoms with Crippen LogP contribution in [0.3, 0.4) is 0 Å². The maximum Gasteiger partial charge on any atom is 0.120 e. The molecule has 0 amide bonds. The van der Waals surface area contributed by atoms with E-state index in [0.717, 1.165) is 60.1 Å². The first-order valence-corrected chi connectivity index (χ1v) is 28.1. The number of benzene rings is 7. The number of hydrogen-bond donors (Lipinski definition) is 0. The van der Waals surface area contributed by atoms with E-state index in [2.05, 4.69) is 156 Å². The first-order chi connectivity index (χ1) is 30.0. The molecule has 61 heavy (non-hydrogen) atoms. The van der Waals surface area contributed by atoms with Crippen LogP contribution in [0, 0.1) is 18.1 Å². The van der Waals surface area contributed by atoms with Crippen molar-refractivity contribution in [1.82, 2.24) is 4.98 Å². The maximum absolute atomic E-state index is 8.56. The Balaban J connectivity index is 0.000000203. The van der Waals surface area contributed by atoms with Gasteiger partial charge in [-0.05, 0) is 51.2 Å². The van der Waals surface area contributed by atoms with Gasteiger partial charge in [-0.25, -0.2) is 0 Å². The van der Waals surface area contributed by atoms with E-state index >= 15 is 0 Å². The Bertz CT molecular complexity index is 3070. The molecule has 1 atom stereocenters. The van der Waals surface area contributed by atoms with Gasteiger partial charge in [-0.1, -0.05) is 126 Å². The molecule has 1 radical (unpaired) electrons. The number of para-hydroxylation sites is 2. The van der Waals surface area contributed by atoms with E-state index in [1.54, 1.807) is 0 Å². The Kier molecular flexibility index (Phi) is 11.7. The van der Waals surface area contributed by atoms with Crippen LogP contribution in [0.1, 0.15) is 44.8 Å². The first kappa shape index (κ1) is 39.5. The summed E-state index contributed by atoms with van der Waals surface area (Å²) < 4.78 is 24.7. The van der Waals surface area contributed by atoms with E-state index in [1.807, 2.05) is 68.6 Å². The number of fused-ring (bicyclic) bond motifs is 4. The predicted octanol–water partition coefficient (Wildman–Crippen LogP) is 14.3. The molecule has 0 saturated heterocycles. The molecule has 7 aromatic carbocycles. The van der Waals surface area contributed by atoms with E-state index in [-0.39, 0.29) is 31.9 Å². The third-order valence-corrected chi connectivity index (χ3v) is 15.3. The molecule has 1 unspecified atom stereocenters. The van der Waals surface area contributed by atoms with E-state index in [0.29, 0.717) is 0 Å². The maximum atomic E-state index is 8.56. The predicted molar refractivity (Wildman–Crippen MR) is 254 cm³/mol. The fourth-order valence-corrected chi connectivity index (χ4v) is 11.2. The molecule has 0 fully saturated rings. The number of nitrogens with zero attached hydrogens (tertiary/aromatic N) is 2. The molecule has 303 valence electrons. The Hall–Kier alpha value is -5.65. The Morgan fingerprint density at radius 1 is 0.672 bits per heavy atom. The molecule has 1 aliphatic rings. The van der Waals surface area contributed by atoms with Crippen molar-refractivity contribution >= 4 is 51.0 Å². The molecule has 2 aromatic heterocycles. The standard InChI is InChI=1S/C38H24NO.C18H24GeN.Ir/c1-3-12-25(13-4-1)27-22-23-28(26-14-5-2-6-15-26)33(24-27)36-31-17-7-9-20-34(31)39-37(36)32-19-11-18-30-29-16-8-10-21-35(29)40-38(30)32;1-14(2)11-16-12-18(15-9-7-6-8-10-15)20-13-17(16)19(3,4)5;/h1-18,20-24,36H;6-9,12-14H,11H2,1-5H3;/q2*-1;/i;11D2;. The summed E-state index contributed by atoms with van der Waals surface area (Å²) in [5, 5.41) is 2.19. The van der Waals surface area contributed by atoms with Gasteiger partial charge in [-0.3, -0.25) is 4.99 Å². The number of aromatic nitrogens is 1. The Morgan fingerprint density at radius 3 is 2.11 bits per heavy atom. The summed E-state index contributed by atoms with van der Waals surface area (Å²) in [6, 6.07) is 65.2. The second-order valence-corrected chi connectivity index (χ2v) is 27.2. The minimum absolute atomic E-state index is 0. The van der Waals surface area contributed by atoms with Crippen LogP contribution < -0.4 is 4.40 Å². The van der Waals surface area contributed by atoms with Crippen molar-refractivity contribution in [2.24, 2.45) is 10.9 Å². The zero-order valence-electron chi connectivity index (χ0n) is 37.0. The van der Waals surface area contributed by atoms with Crippen molar-refractivity contribution in [3.05, 3.63) is 210 Å². The van der Waals surface area contributed by atoms with Gasteiger partial charge in [0.15, 0.2) is 0 Å². The summed E-state index contributed by atoms with van der Waals surface area (Å²) in [5.74, 6) is 6.69. The van der Waals surface area contributed by atoms with E-state index in [4.69, 9.17) is 12.2 Å². The van der Waals surface area contributed by atoms with Crippen molar-refractivity contribution in [1.29, 1.82) is 0 Å². The second kappa shape index (κ2) is 18.1. The topological polar surface area (TPSA) is 38.4 Å². The molecule has 3 nitrogen and oxygen atoms in total. The third kappa shape index (κ3) is 8.77. The summed E-state index contributed by atoms with van der Waals surface area (Å²) >= 11 is -2.20. The van der Waals surface area contributed by atoms with Gasteiger partial charge < -0.3 is 4.42 Å². The largest absolute Gasteiger partial charge is 0.501 e. The van der Waals surface area contributed by atoms with Gasteiger partial charge in [0, 0.05) is 31.4 Å². The summed E-state index contributed by atoms with van der Waals surface area (Å²) in [4.78, 5) is 9.86. The average Bonchev–Trinajstić information content (AvgIpc) is 3.88. The van der Waals surface area contributed by atoms with Crippen molar-refractivity contribution in [3.8, 4) is 33.5 Å². The molecule has 1 aliphatic heterocycles. The number of aliphatic imine (C=N–C) groups is 1. The molecule has 9 aromatic rings. The van der Waals surface area contributed by atoms with Crippen molar-refractivity contribution in [3.63, 3.8) is 0 Å². The van der Waals surface area contributed by atoms with Gasteiger partial charge in [0.1, 0.15) is 5.58 Å². The Morgan fingerprint density at radius 2 is 1.38 bits per heavy atom. The van der Waals surface area contributed by atoms with Gasteiger partial charge in [0.25, 0.3) is 0 Å². The molecule has 0 N–H and O–H groups in total. The van der Waals surface area contributed by atoms with E-state index in [1.165, 1.54) is 33.4 Å². The molecule has 0 saturated carbocycles. The number of pyridine rings is 1. The summed E-state index contributed by atoms with van der Waals surface area (Å²) in [7, 11) is 0. The fraction of sp³-hybridized carbons (Fsp3) is 0.143.